The van der Waals surface area contributed by atoms with Gasteiger partial charge in [0, 0.05) is 30.5 Å². The Hall–Kier alpha value is -2.11. The molecule has 1 aromatic rings. The number of piperidine rings is 1. The van der Waals surface area contributed by atoms with Gasteiger partial charge in [-0.2, -0.15) is 0 Å². The van der Waals surface area contributed by atoms with Crippen molar-refractivity contribution in [3.63, 3.8) is 0 Å². The van der Waals surface area contributed by atoms with Crippen LogP contribution in [0, 0.1) is 0 Å². The predicted octanol–water partition coefficient (Wildman–Crippen LogP) is 2.60. The van der Waals surface area contributed by atoms with Crippen molar-refractivity contribution in [2.45, 2.75) is 58.2 Å². The topological polar surface area (TPSA) is 71.5 Å². The maximum absolute atomic E-state index is 12.3. The number of hydrogen-bond donors (Lipinski definition) is 1. The van der Waals surface area contributed by atoms with E-state index in [1.807, 2.05) is 27.7 Å². The average Bonchev–Trinajstić information content (AvgIpc) is 2.48. The van der Waals surface area contributed by atoms with Crippen LogP contribution in [0.5, 0.6) is 0 Å². The summed E-state index contributed by atoms with van der Waals surface area (Å²) in [4.78, 5) is 30.2. The Labute approximate surface area is 137 Å². The third-order valence-electron chi connectivity index (χ3n) is 3.88. The molecule has 0 saturated carbocycles. The zero-order chi connectivity index (χ0) is 17.0. The van der Waals surface area contributed by atoms with E-state index < -0.39 is 5.60 Å². The first-order valence-corrected chi connectivity index (χ1v) is 7.98. The van der Waals surface area contributed by atoms with Gasteiger partial charge in [-0.3, -0.25) is 9.78 Å². The molecule has 1 aliphatic rings. The minimum Gasteiger partial charge on any atom is -0.444 e. The van der Waals surface area contributed by atoms with Gasteiger partial charge in [0.05, 0.1) is 6.04 Å². The van der Waals surface area contributed by atoms with Crippen LogP contribution in [-0.2, 0) is 4.74 Å². The molecule has 126 valence electrons. The lowest BCUT2D eigenvalue weighted by Gasteiger charge is -2.40. The Bertz CT molecular complexity index is 554. The van der Waals surface area contributed by atoms with Crippen LogP contribution >= 0.6 is 0 Å². The van der Waals surface area contributed by atoms with E-state index in [2.05, 4.69) is 10.3 Å². The molecule has 6 nitrogen and oxygen atoms in total. The van der Waals surface area contributed by atoms with Gasteiger partial charge < -0.3 is 15.0 Å². The van der Waals surface area contributed by atoms with Gasteiger partial charge in [0.2, 0.25) is 0 Å². The van der Waals surface area contributed by atoms with Gasteiger partial charge in [-0.15, -0.1) is 0 Å². The standard InChI is InChI=1S/C17H25N3O3/c1-12-14(19-15(21)13-7-9-18-10-8-13)6-5-11-20(12)16(22)23-17(2,3)4/h7-10,12,14H,5-6,11H2,1-4H3,(H,19,21)/t12-,14+/m1/s1. The van der Waals surface area contributed by atoms with Crippen molar-refractivity contribution in [3.05, 3.63) is 30.1 Å². The maximum Gasteiger partial charge on any atom is 0.410 e. The molecule has 2 atom stereocenters. The SMILES string of the molecule is C[C@@H]1[C@@H](NC(=O)c2ccncc2)CCCN1C(=O)OC(C)(C)C. The Morgan fingerprint density at radius 3 is 2.57 bits per heavy atom. The van der Waals surface area contributed by atoms with Gasteiger partial charge in [-0.1, -0.05) is 0 Å². The van der Waals surface area contributed by atoms with Gasteiger partial charge in [0.15, 0.2) is 0 Å². The van der Waals surface area contributed by atoms with Gasteiger partial charge in [0.1, 0.15) is 5.60 Å². The molecule has 2 rings (SSSR count). The first-order chi connectivity index (χ1) is 10.8. The number of amides is 2. The summed E-state index contributed by atoms with van der Waals surface area (Å²) in [5, 5.41) is 3.02. The van der Waals surface area contributed by atoms with E-state index >= 15 is 0 Å². The Balaban J connectivity index is 2.01. The van der Waals surface area contributed by atoms with Crippen LogP contribution < -0.4 is 5.32 Å². The second kappa shape index (κ2) is 6.98. The molecule has 1 aliphatic heterocycles. The molecule has 1 aromatic heterocycles. The van der Waals surface area contributed by atoms with Crippen LogP contribution in [0.2, 0.25) is 0 Å². The van der Waals surface area contributed by atoms with Crippen molar-refractivity contribution >= 4 is 12.0 Å². The molecule has 0 radical (unpaired) electrons. The summed E-state index contributed by atoms with van der Waals surface area (Å²) < 4.78 is 5.45. The van der Waals surface area contributed by atoms with Gasteiger partial charge in [0.25, 0.3) is 5.91 Å². The van der Waals surface area contributed by atoms with Crippen LogP contribution in [0.1, 0.15) is 50.9 Å². The van der Waals surface area contributed by atoms with E-state index in [-0.39, 0.29) is 24.1 Å². The highest BCUT2D eigenvalue weighted by Crippen LogP contribution is 2.21. The number of carbonyl (C=O) groups excluding carboxylic acids is 2. The van der Waals surface area contributed by atoms with Crippen molar-refractivity contribution in [2.75, 3.05) is 6.54 Å². The summed E-state index contributed by atoms with van der Waals surface area (Å²) in [6.45, 7) is 8.14. The van der Waals surface area contributed by atoms with E-state index in [0.717, 1.165) is 12.8 Å². The second-order valence-electron chi connectivity index (χ2n) is 6.87. The third kappa shape index (κ3) is 4.68. The van der Waals surface area contributed by atoms with E-state index in [4.69, 9.17) is 4.74 Å². The molecule has 1 N–H and O–H groups in total. The average molecular weight is 319 g/mol. The lowest BCUT2D eigenvalue weighted by molar-refractivity contribution is 0.00700. The fourth-order valence-electron chi connectivity index (χ4n) is 2.67. The normalized spacial score (nSPS) is 21.7. The number of nitrogens with one attached hydrogen (secondary N) is 1. The molecule has 0 bridgehead atoms. The number of rotatable bonds is 2. The lowest BCUT2D eigenvalue weighted by atomic mass is 9.97. The number of aromatic nitrogens is 1. The monoisotopic (exact) mass is 319 g/mol. The number of carbonyl (C=O) groups is 2. The van der Waals surface area contributed by atoms with Crippen LogP contribution in [0.4, 0.5) is 4.79 Å². The predicted molar refractivity (Wildman–Crippen MR) is 87.1 cm³/mol. The second-order valence-corrected chi connectivity index (χ2v) is 6.87. The van der Waals surface area contributed by atoms with Crippen molar-refractivity contribution in [1.82, 2.24) is 15.2 Å². The first-order valence-electron chi connectivity index (χ1n) is 7.98. The summed E-state index contributed by atoms with van der Waals surface area (Å²) in [5.74, 6) is -0.143. The summed E-state index contributed by atoms with van der Waals surface area (Å²) in [5.41, 5.74) is 0.0471. The summed E-state index contributed by atoms with van der Waals surface area (Å²) >= 11 is 0. The number of nitrogens with zero attached hydrogens (tertiary/aromatic N) is 2. The summed E-state index contributed by atoms with van der Waals surface area (Å²) in [7, 11) is 0. The Kier molecular flexibility index (Phi) is 5.23. The number of ether oxygens (including phenoxy) is 1. The smallest absolute Gasteiger partial charge is 0.410 e. The molecular weight excluding hydrogens is 294 g/mol. The van der Waals surface area contributed by atoms with Crippen molar-refractivity contribution in [2.24, 2.45) is 0 Å². The van der Waals surface area contributed by atoms with Crippen LogP contribution in [0.3, 0.4) is 0 Å². The van der Waals surface area contributed by atoms with Crippen molar-refractivity contribution < 1.29 is 14.3 Å². The largest absolute Gasteiger partial charge is 0.444 e. The highest BCUT2D eigenvalue weighted by Gasteiger charge is 2.34. The molecule has 2 amide bonds. The summed E-state index contributed by atoms with van der Waals surface area (Å²) in [6.07, 6.45) is 4.54. The van der Waals surface area contributed by atoms with Crippen molar-refractivity contribution in [3.8, 4) is 0 Å². The fraction of sp³-hybridized carbons (Fsp3) is 0.588. The molecule has 0 aliphatic carbocycles. The van der Waals surface area contributed by atoms with Gasteiger partial charge in [-0.05, 0) is 52.7 Å². The molecule has 6 heteroatoms. The molecule has 1 fully saturated rings. The molecule has 1 saturated heterocycles. The number of likely N-dealkylation sites (tertiary alicyclic amines) is 1. The van der Waals surface area contributed by atoms with E-state index in [1.165, 1.54) is 0 Å². The molecule has 2 heterocycles. The minimum absolute atomic E-state index is 0.0862. The van der Waals surface area contributed by atoms with E-state index in [0.29, 0.717) is 12.1 Å². The number of hydrogen-bond acceptors (Lipinski definition) is 4. The molecule has 0 unspecified atom stereocenters. The minimum atomic E-state index is -0.524. The van der Waals surface area contributed by atoms with Gasteiger partial charge >= 0.3 is 6.09 Å². The first kappa shape index (κ1) is 17.2. The van der Waals surface area contributed by atoms with Crippen molar-refractivity contribution in [1.29, 1.82) is 0 Å². The zero-order valence-corrected chi connectivity index (χ0v) is 14.2. The highest BCUT2D eigenvalue weighted by atomic mass is 16.6. The number of pyridine rings is 1. The van der Waals surface area contributed by atoms with E-state index in [1.54, 1.807) is 29.4 Å². The Morgan fingerprint density at radius 1 is 1.30 bits per heavy atom. The molecule has 0 aromatic carbocycles. The highest BCUT2D eigenvalue weighted by molar-refractivity contribution is 5.94. The van der Waals surface area contributed by atoms with Gasteiger partial charge in [-0.25, -0.2) is 4.79 Å². The quantitative estimate of drug-likeness (QED) is 0.909. The molecular formula is C17H25N3O3. The molecule has 23 heavy (non-hydrogen) atoms. The zero-order valence-electron chi connectivity index (χ0n) is 14.2. The van der Waals surface area contributed by atoms with Crippen LogP contribution in [-0.4, -0.2) is 46.1 Å². The Morgan fingerprint density at radius 2 is 1.96 bits per heavy atom. The molecule has 0 spiro atoms. The van der Waals surface area contributed by atoms with Crippen LogP contribution in [0.15, 0.2) is 24.5 Å². The third-order valence-corrected chi connectivity index (χ3v) is 3.88. The van der Waals surface area contributed by atoms with Crippen LogP contribution in [0.25, 0.3) is 0 Å². The summed E-state index contributed by atoms with van der Waals surface area (Å²) in [6, 6.07) is 3.16. The fourth-order valence-corrected chi connectivity index (χ4v) is 2.67. The van der Waals surface area contributed by atoms with E-state index in [9.17, 15) is 9.59 Å². The lowest BCUT2D eigenvalue weighted by Crippen LogP contribution is -2.56. The maximum atomic E-state index is 12.3.